The molecule has 2 aromatic rings. The van der Waals surface area contributed by atoms with Gasteiger partial charge in [-0.25, -0.2) is 9.59 Å². The number of benzene rings is 2. The summed E-state index contributed by atoms with van der Waals surface area (Å²) in [6.07, 6.45) is 9.73. The van der Waals surface area contributed by atoms with E-state index < -0.39 is 6.10 Å². The summed E-state index contributed by atoms with van der Waals surface area (Å²) in [4.78, 5) is 25.4. The van der Waals surface area contributed by atoms with Crippen LogP contribution >= 0.6 is 0 Å². The first kappa shape index (κ1) is 27.4. The van der Waals surface area contributed by atoms with E-state index in [4.69, 9.17) is 9.47 Å². The summed E-state index contributed by atoms with van der Waals surface area (Å²) in [6.45, 7) is 8.36. The SMILES string of the molecule is CCCCCC=CC(C)C(CC)C(CC(C)OC(=O)c1ccccc1)OC(=O)c1ccccc1. The molecule has 34 heavy (non-hydrogen) atoms. The van der Waals surface area contributed by atoms with Crippen LogP contribution in [0.1, 0.15) is 86.9 Å². The number of allylic oxidation sites excluding steroid dienone is 2. The topological polar surface area (TPSA) is 52.6 Å². The Morgan fingerprint density at radius 2 is 1.38 bits per heavy atom. The van der Waals surface area contributed by atoms with E-state index in [1.807, 2.05) is 43.3 Å². The Morgan fingerprint density at radius 3 is 1.91 bits per heavy atom. The van der Waals surface area contributed by atoms with Crippen molar-refractivity contribution in [3.8, 4) is 0 Å². The van der Waals surface area contributed by atoms with Crippen LogP contribution in [0.4, 0.5) is 0 Å². The first-order chi connectivity index (χ1) is 16.5. The quantitative estimate of drug-likeness (QED) is 0.164. The lowest BCUT2D eigenvalue weighted by atomic mass is 9.83. The molecule has 0 amide bonds. The third kappa shape index (κ3) is 9.17. The van der Waals surface area contributed by atoms with E-state index in [1.54, 1.807) is 24.3 Å². The maximum atomic E-state index is 12.9. The van der Waals surface area contributed by atoms with E-state index in [2.05, 4.69) is 32.9 Å². The van der Waals surface area contributed by atoms with Crippen molar-refractivity contribution in [1.29, 1.82) is 0 Å². The van der Waals surface area contributed by atoms with E-state index in [-0.39, 0.29) is 29.9 Å². The zero-order valence-electron chi connectivity index (χ0n) is 21.1. The maximum Gasteiger partial charge on any atom is 0.338 e. The molecule has 4 unspecified atom stereocenters. The third-order valence-electron chi connectivity index (χ3n) is 6.19. The summed E-state index contributed by atoms with van der Waals surface area (Å²) in [5, 5.41) is 0. The summed E-state index contributed by atoms with van der Waals surface area (Å²) in [5.41, 5.74) is 1.04. The molecule has 0 aromatic heterocycles. The van der Waals surface area contributed by atoms with Gasteiger partial charge in [0.15, 0.2) is 0 Å². The number of carbonyl (C=O) groups excluding carboxylic acids is 2. The molecule has 4 heteroatoms. The van der Waals surface area contributed by atoms with Crippen molar-refractivity contribution >= 4 is 11.9 Å². The van der Waals surface area contributed by atoms with Crippen molar-refractivity contribution < 1.29 is 19.1 Å². The fourth-order valence-electron chi connectivity index (χ4n) is 4.23. The Balaban J connectivity index is 2.13. The number of carbonyl (C=O) groups is 2. The number of ether oxygens (including phenoxy) is 2. The molecular weight excluding hydrogens is 424 g/mol. The molecule has 0 aliphatic carbocycles. The van der Waals surface area contributed by atoms with Crippen LogP contribution in [-0.2, 0) is 9.47 Å². The molecule has 0 aliphatic heterocycles. The minimum Gasteiger partial charge on any atom is -0.459 e. The summed E-state index contributed by atoms with van der Waals surface area (Å²) in [5.74, 6) is -0.354. The molecule has 0 radical (unpaired) electrons. The minimum atomic E-state index is -0.393. The van der Waals surface area contributed by atoms with Gasteiger partial charge < -0.3 is 9.47 Å². The summed E-state index contributed by atoms with van der Waals surface area (Å²) < 4.78 is 11.8. The largest absolute Gasteiger partial charge is 0.459 e. The number of rotatable bonds is 14. The minimum absolute atomic E-state index is 0.118. The summed E-state index contributed by atoms with van der Waals surface area (Å²) in [6, 6.07) is 18.0. The molecule has 0 fully saturated rings. The number of unbranched alkanes of at least 4 members (excludes halogenated alkanes) is 3. The molecule has 184 valence electrons. The highest BCUT2D eigenvalue weighted by atomic mass is 16.6. The second-order valence-electron chi connectivity index (χ2n) is 8.98. The molecule has 2 aromatic carbocycles. The van der Waals surface area contributed by atoms with Crippen LogP contribution in [-0.4, -0.2) is 24.1 Å². The number of hydrogen-bond donors (Lipinski definition) is 0. The van der Waals surface area contributed by atoms with Crippen molar-refractivity contribution in [3.63, 3.8) is 0 Å². The van der Waals surface area contributed by atoms with Crippen LogP contribution in [0.3, 0.4) is 0 Å². The first-order valence-corrected chi connectivity index (χ1v) is 12.6. The van der Waals surface area contributed by atoms with Gasteiger partial charge in [0.05, 0.1) is 11.1 Å². The number of hydrogen-bond acceptors (Lipinski definition) is 4. The average Bonchev–Trinajstić information content (AvgIpc) is 2.85. The second-order valence-corrected chi connectivity index (χ2v) is 8.98. The highest BCUT2D eigenvalue weighted by molar-refractivity contribution is 5.90. The van der Waals surface area contributed by atoms with Gasteiger partial charge in [-0.2, -0.15) is 0 Å². The van der Waals surface area contributed by atoms with E-state index in [0.29, 0.717) is 17.5 Å². The molecule has 4 atom stereocenters. The standard InChI is InChI=1S/C30H40O4/c1-5-7-8-9-12-17-23(3)27(6-2)28(34-30(32)26-20-15-11-16-21-26)22-24(4)33-29(31)25-18-13-10-14-19-25/h10-21,23-24,27-28H,5-9,22H2,1-4H3. The monoisotopic (exact) mass is 464 g/mol. The fraction of sp³-hybridized carbons (Fsp3) is 0.467. The molecular formula is C30H40O4. The molecule has 0 N–H and O–H groups in total. The molecule has 0 saturated carbocycles. The lowest BCUT2D eigenvalue weighted by Crippen LogP contribution is -2.34. The van der Waals surface area contributed by atoms with Gasteiger partial charge >= 0.3 is 11.9 Å². The van der Waals surface area contributed by atoms with E-state index in [1.165, 1.54) is 19.3 Å². The highest BCUT2D eigenvalue weighted by Gasteiger charge is 2.30. The molecule has 2 rings (SSSR count). The van der Waals surface area contributed by atoms with Gasteiger partial charge in [-0.05, 0) is 56.4 Å². The third-order valence-corrected chi connectivity index (χ3v) is 6.19. The Kier molecular flexibility index (Phi) is 12.2. The zero-order chi connectivity index (χ0) is 24.8. The molecule has 4 nitrogen and oxygen atoms in total. The zero-order valence-corrected chi connectivity index (χ0v) is 21.1. The predicted octanol–water partition coefficient (Wildman–Crippen LogP) is 7.65. The van der Waals surface area contributed by atoms with Gasteiger partial charge in [0.25, 0.3) is 0 Å². The van der Waals surface area contributed by atoms with Crippen molar-refractivity contribution in [2.45, 2.75) is 78.4 Å². The predicted molar refractivity (Wildman–Crippen MR) is 138 cm³/mol. The van der Waals surface area contributed by atoms with Crippen LogP contribution in [0, 0.1) is 11.8 Å². The molecule has 0 aliphatic rings. The van der Waals surface area contributed by atoms with Crippen LogP contribution in [0.5, 0.6) is 0 Å². The van der Waals surface area contributed by atoms with Crippen molar-refractivity contribution in [3.05, 3.63) is 83.9 Å². The van der Waals surface area contributed by atoms with Crippen LogP contribution in [0.25, 0.3) is 0 Å². The normalized spacial score (nSPS) is 14.8. The van der Waals surface area contributed by atoms with Gasteiger partial charge in [-0.3, -0.25) is 0 Å². The smallest absolute Gasteiger partial charge is 0.338 e. The van der Waals surface area contributed by atoms with E-state index in [0.717, 1.165) is 12.8 Å². The molecule has 0 saturated heterocycles. The molecule has 0 spiro atoms. The second kappa shape index (κ2) is 15.1. The maximum absolute atomic E-state index is 12.9. The van der Waals surface area contributed by atoms with Gasteiger partial charge in [-0.1, -0.05) is 82.2 Å². The summed E-state index contributed by atoms with van der Waals surface area (Å²) >= 11 is 0. The van der Waals surface area contributed by atoms with Crippen LogP contribution < -0.4 is 0 Å². The highest BCUT2D eigenvalue weighted by Crippen LogP contribution is 2.28. The Morgan fingerprint density at radius 1 is 0.824 bits per heavy atom. The lowest BCUT2D eigenvalue weighted by Gasteiger charge is -2.31. The van der Waals surface area contributed by atoms with E-state index in [9.17, 15) is 9.59 Å². The van der Waals surface area contributed by atoms with Crippen LogP contribution in [0.15, 0.2) is 72.8 Å². The van der Waals surface area contributed by atoms with E-state index >= 15 is 0 Å². The Labute approximate surface area is 205 Å². The average molecular weight is 465 g/mol. The van der Waals surface area contributed by atoms with Crippen molar-refractivity contribution in [2.24, 2.45) is 11.8 Å². The van der Waals surface area contributed by atoms with Crippen molar-refractivity contribution in [1.82, 2.24) is 0 Å². The molecule has 0 bridgehead atoms. The van der Waals surface area contributed by atoms with Gasteiger partial charge in [0.1, 0.15) is 12.2 Å². The summed E-state index contributed by atoms with van der Waals surface area (Å²) in [7, 11) is 0. The Hall–Kier alpha value is -2.88. The lowest BCUT2D eigenvalue weighted by molar-refractivity contribution is -0.0182. The van der Waals surface area contributed by atoms with Crippen molar-refractivity contribution in [2.75, 3.05) is 0 Å². The van der Waals surface area contributed by atoms with Gasteiger partial charge in [-0.15, -0.1) is 0 Å². The fourth-order valence-corrected chi connectivity index (χ4v) is 4.23. The Bertz CT molecular complexity index is 875. The molecule has 0 heterocycles. The number of esters is 2. The van der Waals surface area contributed by atoms with Gasteiger partial charge in [0.2, 0.25) is 0 Å². The van der Waals surface area contributed by atoms with Crippen LogP contribution in [0.2, 0.25) is 0 Å². The first-order valence-electron chi connectivity index (χ1n) is 12.6. The van der Waals surface area contributed by atoms with Gasteiger partial charge in [0, 0.05) is 12.3 Å².